The Morgan fingerprint density at radius 2 is 1.42 bits per heavy atom. The smallest absolute Gasteiger partial charge is 0.0619 e. The number of hydrogen-bond acceptors (Lipinski definition) is 0. The van der Waals surface area contributed by atoms with Crippen LogP contribution in [0, 0.1) is 0 Å². The van der Waals surface area contributed by atoms with Gasteiger partial charge in [-0.25, -0.2) is 0 Å². The van der Waals surface area contributed by atoms with Crippen LogP contribution < -0.4 is 0 Å². The largest absolute Gasteiger partial charge is 0.0629 e. The van der Waals surface area contributed by atoms with Crippen LogP contribution in [0.2, 0.25) is 0 Å². The molecule has 3 atom stereocenters. The minimum atomic E-state index is -0.238. The SMILES string of the molecule is [2H]c1c([2H])c([2H])c2c(c1[2H])-c1ccc(Cc3ccc4c(c3)C(C)CCC4C)cc1C2c1cccc(C(C)(C)C)c1. The Balaban J connectivity index is 1.49. The Bertz CT molecular complexity index is 1640. The molecule has 0 saturated carbocycles. The summed E-state index contributed by atoms with van der Waals surface area (Å²) >= 11 is 0. The molecule has 2 aliphatic rings. The van der Waals surface area contributed by atoms with Crippen molar-refractivity contribution in [3.63, 3.8) is 0 Å². The molecular weight excluding hydrogens is 432 g/mol. The van der Waals surface area contributed by atoms with Gasteiger partial charge in [-0.05, 0) is 92.1 Å². The predicted molar refractivity (Wildman–Crippen MR) is 153 cm³/mol. The van der Waals surface area contributed by atoms with Crippen LogP contribution in [0.25, 0.3) is 11.1 Å². The lowest BCUT2D eigenvalue weighted by Gasteiger charge is -2.28. The third kappa shape index (κ3) is 4.01. The Kier molecular flexibility index (Phi) is 4.64. The monoisotopic (exact) mass is 474 g/mol. The molecule has 0 nitrogen and oxygen atoms in total. The summed E-state index contributed by atoms with van der Waals surface area (Å²) in [5.74, 6) is 0.965. The van der Waals surface area contributed by atoms with E-state index in [4.69, 9.17) is 5.48 Å². The number of rotatable bonds is 3. The van der Waals surface area contributed by atoms with Crippen LogP contribution in [0.4, 0.5) is 0 Å². The lowest BCUT2D eigenvalue weighted by Crippen LogP contribution is -2.12. The molecule has 182 valence electrons. The summed E-state index contributed by atoms with van der Waals surface area (Å²) in [5, 5.41) is 0. The highest BCUT2D eigenvalue weighted by molar-refractivity contribution is 5.81. The molecular formula is C36H38. The van der Waals surface area contributed by atoms with Crippen molar-refractivity contribution >= 4 is 0 Å². The van der Waals surface area contributed by atoms with Gasteiger partial charge in [-0.15, -0.1) is 0 Å². The number of benzene rings is 4. The fraction of sp³-hybridized carbons (Fsp3) is 0.333. The second kappa shape index (κ2) is 8.77. The van der Waals surface area contributed by atoms with Crippen molar-refractivity contribution in [3.8, 4) is 11.1 Å². The lowest BCUT2D eigenvalue weighted by molar-refractivity contribution is 0.527. The maximum Gasteiger partial charge on any atom is 0.0629 e. The molecule has 0 bridgehead atoms. The molecule has 0 heteroatoms. The molecule has 0 radical (unpaired) electrons. The fourth-order valence-corrected chi connectivity index (χ4v) is 6.28. The molecule has 3 unspecified atom stereocenters. The Morgan fingerprint density at radius 3 is 2.19 bits per heavy atom. The van der Waals surface area contributed by atoms with Gasteiger partial charge in [-0.3, -0.25) is 0 Å². The van der Waals surface area contributed by atoms with Crippen molar-refractivity contribution in [2.24, 2.45) is 0 Å². The van der Waals surface area contributed by atoms with E-state index in [1.54, 1.807) is 0 Å². The minimum Gasteiger partial charge on any atom is -0.0619 e. The van der Waals surface area contributed by atoms with Crippen molar-refractivity contribution in [2.45, 2.75) is 77.0 Å². The standard InChI is InChI=1S/C36H38/c1-23-13-14-24(2)33-20-25(15-17-29(23)33)19-26-16-18-31-30-11-6-7-12-32(30)35(34(31)21-26)27-9-8-10-28(22-27)36(3,4)5/h6-12,15-18,20-24,35H,13-14,19H2,1-5H3/i6D,7D,11D,12D. The average molecular weight is 475 g/mol. The first-order chi connectivity index (χ1) is 19.0. The van der Waals surface area contributed by atoms with E-state index >= 15 is 0 Å². The number of fused-ring (bicyclic) bond motifs is 4. The summed E-state index contributed by atoms with van der Waals surface area (Å²) in [5.41, 5.74) is 11.1. The van der Waals surface area contributed by atoms with E-state index in [0.717, 1.165) is 23.1 Å². The van der Waals surface area contributed by atoms with Crippen molar-refractivity contribution in [1.82, 2.24) is 0 Å². The molecule has 0 N–H and O–H groups in total. The van der Waals surface area contributed by atoms with Crippen molar-refractivity contribution < 1.29 is 5.48 Å². The first-order valence-electron chi connectivity index (χ1n) is 15.4. The zero-order chi connectivity index (χ0) is 28.5. The molecule has 0 spiro atoms. The average Bonchev–Trinajstić information content (AvgIpc) is 3.27. The van der Waals surface area contributed by atoms with E-state index in [1.807, 2.05) is 0 Å². The highest BCUT2D eigenvalue weighted by atomic mass is 14.3. The molecule has 4 aromatic rings. The zero-order valence-corrected chi connectivity index (χ0v) is 22.1. The molecule has 0 amide bonds. The van der Waals surface area contributed by atoms with Crippen molar-refractivity contribution in [1.29, 1.82) is 0 Å². The normalized spacial score (nSPS) is 22.1. The van der Waals surface area contributed by atoms with Gasteiger partial charge in [-0.2, -0.15) is 0 Å². The van der Waals surface area contributed by atoms with E-state index in [2.05, 4.69) is 95.3 Å². The fourth-order valence-electron chi connectivity index (χ4n) is 6.28. The highest BCUT2D eigenvalue weighted by Gasteiger charge is 2.30. The third-order valence-electron chi connectivity index (χ3n) is 8.44. The van der Waals surface area contributed by atoms with Crippen LogP contribution in [0.1, 0.15) is 115 Å². The van der Waals surface area contributed by atoms with Crippen molar-refractivity contribution in [2.75, 3.05) is 0 Å². The van der Waals surface area contributed by atoms with Crippen molar-refractivity contribution in [3.05, 3.63) is 129 Å². The molecule has 0 fully saturated rings. The summed E-state index contributed by atoms with van der Waals surface area (Å²) in [7, 11) is 0. The summed E-state index contributed by atoms with van der Waals surface area (Å²) < 4.78 is 34.6. The van der Waals surface area contributed by atoms with Gasteiger partial charge >= 0.3 is 0 Å². The Labute approximate surface area is 223 Å². The molecule has 36 heavy (non-hydrogen) atoms. The van der Waals surface area contributed by atoms with Gasteiger partial charge in [0, 0.05) is 5.92 Å². The first kappa shape index (κ1) is 19.1. The molecule has 0 heterocycles. The summed E-state index contributed by atoms with van der Waals surface area (Å²) in [4.78, 5) is 0. The van der Waals surface area contributed by atoms with Gasteiger partial charge in [0.25, 0.3) is 0 Å². The van der Waals surface area contributed by atoms with Crippen LogP contribution in [-0.2, 0) is 11.8 Å². The molecule has 0 aliphatic heterocycles. The predicted octanol–water partition coefficient (Wildman–Crippen LogP) is 9.74. The second-order valence-electron chi connectivity index (χ2n) is 12.0. The molecule has 2 aliphatic carbocycles. The van der Waals surface area contributed by atoms with Crippen LogP contribution in [0.15, 0.2) is 84.8 Å². The summed E-state index contributed by atoms with van der Waals surface area (Å²) in [6.45, 7) is 11.3. The van der Waals surface area contributed by atoms with Crippen LogP contribution in [0.3, 0.4) is 0 Å². The quantitative estimate of drug-likeness (QED) is 0.244. The van der Waals surface area contributed by atoms with Gasteiger partial charge in [0.1, 0.15) is 0 Å². The van der Waals surface area contributed by atoms with E-state index < -0.39 is 0 Å². The van der Waals surface area contributed by atoms with E-state index in [0.29, 0.717) is 23.0 Å². The third-order valence-corrected chi connectivity index (χ3v) is 8.44. The van der Waals surface area contributed by atoms with Crippen LogP contribution in [-0.4, -0.2) is 0 Å². The molecule has 6 rings (SSSR count). The minimum absolute atomic E-state index is 0.0286. The topological polar surface area (TPSA) is 0 Å². The Hall–Kier alpha value is -3.12. The maximum absolute atomic E-state index is 8.91. The maximum atomic E-state index is 8.91. The Morgan fingerprint density at radius 1 is 0.722 bits per heavy atom. The van der Waals surface area contributed by atoms with E-state index in [9.17, 15) is 0 Å². The van der Waals surface area contributed by atoms with Gasteiger partial charge in [0.05, 0.1) is 5.48 Å². The van der Waals surface area contributed by atoms with Crippen LogP contribution >= 0.6 is 0 Å². The number of hydrogen-bond donors (Lipinski definition) is 0. The molecule has 4 aromatic carbocycles. The van der Waals surface area contributed by atoms with Gasteiger partial charge in [-0.1, -0.05) is 119 Å². The molecule has 0 saturated heterocycles. The second-order valence-corrected chi connectivity index (χ2v) is 12.0. The first-order valence-corrected chi connectivity index (χ1v) is 13.4. The van der Waals surface area contributed by atoms with Gasteiger partial charge in [0.2, 0.25) is 0 Å². The van der Waals surface area contributed by atoms with E-state index in [-0.39, 0.29) is 35.5 Å². The molecule has 0 aromatic heterocycles. The zero-order valence-electron chi connectivity index (χ0n) is 26.1. The summed E-state index contributed by atoms with van der Waals surface area (Å²) in [6, 6.07) is 21.9. The lowest BCUT2D eigenvalue weighted by atomic mass is 9.77. The summed E-state index contributed by atoms with van der Waals surface area (Å²) in [6.07, 6.45) is 3.32. The van der Waals surface area contributed by atoms with Crippen LogP contribution in [0.5, 0.6) is 0 Å². The van der Waals surface area contributed by atoms with Gasteiger partial charge in [0.15, 0.2) is 0 Å². The van der Waals surface area contributed by atoms with E-state index in [1.165, 1.54) is 40.7 Å². The van der Waals surface area contributed by atoms with Gasteiger partial charge < -0.3 is 0 Å². The highest BCUT2D eigenvalue weighted by Crippen LogP contribution is 2.49.